The number of hydrogen-bond acceptors (Lipinski definition) is 4. The summed E-state index contributed by atoms with van der Waals surface area (Å²) in [4.78, 5) is 31.4. The van der Waals surface area contributed by atoms with E-state index >= 15 is 0 Å². The van der Waals surface area contributed by atoms with E-state index in [-0.39, 0.29) is 18.0 Å². The number of hydroxylamine groups is 2. The standard InChI is InChI=1S/C9H13N3O3/c1-7-4-8(13)12(6-10-7)5-9(14)11(2)15-3/h4,6H,5H2,1-3H3. The zero-order valence-corrected chi connectivity index (χ0v) is 8.93. The predicted molar refractivity (Wildman–Crippen MR) is 53.0 cm³/mol. The molecule has 0 spiro atoms. The summed E-state index contributed by atoms with van der Waals surface area (Å²) in [6.07, 6.45) is 1.35. The van der Waals surface area contributed by atoms with E-state index in [9.17, 15) is 9.59 Å². The molecule has 1 aromatic rings. The van der Waals surface area contributed by atoms with Gasteiger partial charge in [-0.05, 0) is 6.92 Å². The lowest BCUT2D eigenvalue weighted by atomic mass is 10.4. The third-order valence-corrected chi connectivity index (χ3v) is 1.95. The van der Waals surface area contributed by atoms with Crippen LogP contribution in [0.1, 0.15) is 5.69 Å². The molecular weight excluding hydrogens is 198 g/mol. The zero-order chi connectivity index (χ0) is 11.4. The maximum absolute atomic E-state index is 11.4. The Kier molecular flexibility index (Phi) is 3.56. The Balaban J connectivity index is 2.82. The SMILES string of the molecule is CON(C)C(=O)Cn1cnc(C)cc1=O. The minimum atomic E-state index is -0.315. The fourth-order valence-electron chi connectivity index (χ4n) is 0.982. The van der Waals surface area contributed by atoms with Crippen LogP contribution in [0.25, 0.3) is 0 Å². The van der Waals surface area contributed by atoms with Crippen molar-refractivity contribution in [3.8, 4) is 0 Å². The Morgan fingerprint density at radius 1 is 1.67 bits per heavy atom. The Bertz CT molecular complexity index is 413. The maximum atomic E-state index is 11.4. The third-order valence-electron chi connectivity index (χ3n) is 1.95. The molecule has 0 aliphatic carbocycles. The molecule has 0 N–H and O–H groups in total. The van der Waals surface area contributed by atoms with Crippen molar-refractivity contribution in [1.82, 2.24) is 14.6 Å². The van der Waals surface area contributed by atoms with Gasteiger partial charge in [-0.2, -0.15) is 0 Å². The molecule has 0 radical (unpaired) electrons. The lowest BCUT2D eigenvalue weighted by Crippen LogP contribution is -2.33. The number of nitrogens with zero attached hydrogens (tertiary/aromatic N) is 3. The molecule has 0 aromatic carbocycles. The van der Waals surface area contributed by atoms with E-state index in [0.29, 0.717) is 5.69 Å². The van der Waals surface area contributed by atoms with Gasteiger partial charge in [0.2, 0.25) is 0 Å². The number of carbonyl (C=O) groups excluding carboxylic acids is 1. The van der Waals surface area contributed by atoms with Crippen molar-refractivity contribution in [2.75, 3.05) is 14.2 Å². The first-order chi connectivity index (χ1) is 7.04. The van der Waals surface area contributed by atoms with Crippen molar-refractivity contribution < 1.29 is 9.63 Å². The van der Waals surface area contributed by atoms with Gasteiger partial charge in [0.1, 0.15) is 6.54 Å². The minimum absolute atomic E-state index is 0.0730. The van der Waals surface area contributed by atoms with Gasteiger partial charge < -0.3 is 0 Å². The summed E-state index contributed by atoms with van der Waals surface area (Å²) >= 11 is 0. The molecule has 0 saturated carbocycles. The van der Waals surface area contributed by atoms with Crippen molar-refractivity contribution >= 4 is 5.91 Å². The largest absolute Gasteiger partial charge is 0.290 e. The number of amides is 1. The van der Waals surface area contributed by atoms with E-state index < -0.39 is 0 Å². The first-order valence-electron chi connectivity index (χ1n) is 4.38. The van der Waals surface area contributed by atoms with Gasteiger partial charge in [-0.25, -0.2) is 10.0 Å². The first kappa shape index (κ1) is 11.4. The first-order valence-corrected chi connectivity index (χ1v) is 4.38. The Morgan fingerprint density at radius 2 is 2.33 bits per heavy atom. The number of likely N-dealkylation sites (N-methyl/N-ethyl adjacent to an activating group) is 1. The van der Waals surface area contributed by atoms with Crippen molar-refractivity contribution in [3.05, 3.63) is 28.4 Å². The summed E-state index contributed by atoms with van der Waals surface area (Å²) in [5.74, 6) is -0.315. The van der Waals surface area contributed by atoms with Crippen molar-refractivity contribution in [1.29, 1.82) is 0 Å². The quantitative estimate of drug-likeness (QED) is 0.636. The molecule has 0 aliphatic heterocycles. The van der Waals surface area contributed by atoms with Crippen LogP contribution in [0, 0.1) is 6.92 Å². The van der Waals surface area contributed by atoms with Crippen LogP contribution < -0.4 is 5.56 Å². The Labute approximate surface area is 87.1 Å². The lowest BCUT2D eigenvalue weighted by molar-refractivity contribution is -0.169. The van der Waals surface area contributed by atoms with E-state index in [0.717, 1.165) is 5.06 Å². The summed E-state index contributed by atoms with van der Waals surface area (Å²) in [7, 11) is 2.86. The molecular formula is C9H13N3O3. The van der Waals surface area contributed by atoms with E-state index in [1.807, 2.05) is 0 Å². The topological polar surface area (TPSA) is 64.4 Å². The minimum Gasteiger partial charge on any atom is -0.290 e. The number of aryl methyl sites for hydroxylation is 1. The van der Waals surface area contributed by atoms with E-state index in [2.05, 4.69) is 4.98 Å². The molecule has 0 saturated heterocycles. The average molecular weight is 211 g/mol. The fraction of sp³-hybridized carbons (Fsp3) is 0.444. The Hall–Kier alpha value is -1.69. The number of rotatable bonds is 3. The molecule has 6 heteroatoms. The Morgan fingerprint density at radius 3 is 2.87 bits per heavy atom. The molecule has 82 valence electrons. The lowest BCUT2D eigenvalue weighted by Gasteiger charge is -2.13. The van der Waals surface area contributed by atoms with Gasteiger partial charge in [-0.15, -0.1) is 0 Å². The smallest absolute Gasteiger partial charge is 0.265 e. The molecule has 0 unspecified atom stereocenters. The van der Waals surface area contributed by atoms with Gasteiger partial charge in [0.05, 0.1) is 13.4 Å². The molecule has 1 aromatic heterocycles. The van der Waals surface area contributed by atoms with Crippen LogP contribution in [0.15, 0.2) is 17.2 Å². The van der Waals surface area contributed by atoms with Gasteiger partial charge in [-0.3, -0.25) is 19.0 Å². The van der Waals surface area contributed by atoms with Crippen LogP contribution in [-0.2, 0) is 16.2 Å². The number of hydrogen-bond donors (Lipinski definition) is 0. The van der Waals surface area contributed by atoms with Gasteiger partial charge in [0, 0.05) is 18.8 Å². The van der Waals surface area contributed by atoms with E-state index in [4.69, 9.17) is 4.84 Å². The highest BCUT2D eigenvalue weighted by atomic mass is 16.7. The number of carbonyl (C=O) groups is 1. The van der Waals surface area contributed by atoms with Crippen molar-refractivity contribution in [2.24, 2.45) is 0 Å². The van der Waals surface area contributed by atoms with Crippen LogP contribution in [0.2, 0.25) is 0 Å². The van der Waals surface area contributed by atoms with Crippen LogP contribution in [0.5, 0.6) is 0 Å². The van der Waals surface area contributed by atoms with Crippen LogP contribution >= 0.6 is 0 Å². The normalized spacial score (nSPS) is 10.1. The molecule has 15 heavy (non-hydrogen) atoms. The van der Waals surface area contributed by atoms with E-state index in [1.165, 1.54) is 31.1 Å². The van der Waals surface area contributed by atoms with Gasteiger partial charge >= 0.3 is 0 Å². The van der Waals surface area contributed by atoms with Crippen LogP contribution in [0.4, 0.5) is 0 Å². The van der Waals surface area contributed by atoms with Crippen molar-refractivity contribution in [2.45, 2.75) is 13.5 Å². The highest BCUT2D eigenvalue weighted by molar-refractivity contribution is 5.74. The highest BCUT2D eigenvalue weighted by Crippen LogP contribution is 1.89. The molecule has 0 aliphatic rings. The summed E-state index contributed by atoms with van der Waals surface area (Å²) in [5.41, 5.74) is 0.379. The van der Waals surface area contributed by atoms with Gasteiger partial charge in [0.15, 0.2) is 0 Å². The molecule has 6 nitrogen and oxygen atoms in total. The third kappa shape index (κ3) is 2.88. The monoisotopic (exact) mass is 211 g/mol. The fourth-order valence-corrected chi connectivity index (χ4v) is 0.982. The molecule has 1 amide bonds. The highest BCUT2D eigenvalue weighted by Gasteiger charge is 2.09. The van der Waals surface area contributed by atoms with Gasteiger partial charge in [-0.1, -0.05) is 0 Å². The van der Waals surface area contributed by atoms with Crippen molar-refractivity contribution in [3.63, 3.8) is 0 Å². The second-order valence-corrected chi connectivity index (χ2v) is 3.07. The summed E-state index contributed by atoms with van der Waals surface area (Å²) in [6, 6.07) is 1.38. The maximum Gasteiger partial charge on any atom is 0.265 e. The molecule has 1 heterocycles. The zero-order valence-electron chi connectivity index (χ0n) is 8.93. The molecule has 0 atom stereocenters. The summed E-state index contributed by atoms with van der Waals surface area (Å²) in [5, 5.41) is 1.06. The average Bonchev–Trinajstić information content (AvgIpc) is 2.20. The molecule has 0 bridgehead atoms. The number of aromatic nitrogens is 2. The predicted octanol–water partition coefficient (Wildman–Crippen LogP) is -0.428. The summed E-state index contributed by atoms with van der Waals surface area (Å²) < 4.78 is 1.23. The summed E-state index contributed by atoms with van der Waals surface area (Å²) in [6.45, 7) is 1.64. The second-order valence-electron chi connectivity index (χ2n) is 3.07. The molecule has 1 rings (SSSR count). The molecule has 0 fully saturated rings. The van der Waals surface area contributed by atoms with E-state index in [1.54, 1.807) is 6.92 Å². The van der Waals surface area contributed by atoms with Crippen LogP contribution in [-0.4, -0.2) is 34.7 Å². The van der Waals surface area contributed by atoms with Crippen LogP contribution in [0.3, 0.4) is 0 Å². The van der Waals surface area contributed by atoms with Gasteiger partial charge in [0.25, 0.3) is 11.5 Å². The second kappa shape index (κ2) is 4.70.